The highest BCUT2D eigenvalue weighted by Crippen LogP contribution is 2.66. The Labute approximate surface area is 182 Å². The number of hydrogen-bond donors (Lipinski definition) is 0. The van der Waals surface area contributed by atoms with Crippen molar-refractivity contribution in [2.24, 2.45) is 34.5 Å². The van der Waals surface area contributed by atoms with E-state index in [0.717, 1.165) is 24.8 Å². The summed E-state index contributed by atoms with van der Waals surface area (Å²) in [7, 11) is 1.41. The summed E-state index contributed by atoms with van der Waals surface area (Å²) >= 11 is 0. The summed E-state index contributed by atoms with van der Waals surface area (Å²) < 4.78 is 10.2. The van der Waals surface area contributed by atoms with Gasteiger partial charge in [-0.1, -0.05) is 31.6 Å². The van der Waals surface area contributed by atoms with Crippen molar-refractivity contribution >= 4 is 23.5 Å². The van der Waals surface area contributed by atoms with E-state index in [1.807, 2.05) is 12.2 Å². The van der Waals surface area contributed by atoms with Gasteiger partial charge in [0.15, 0.2) is 18.2 Å². The molecule has 4 aliphatic carbocycles. The molecule has 0 heterocycles. The molecule has 0 bridgehead atoms. The molecule has 2 saturated carbocycles. The van der Waals surface area contributed by atoms with Crippen molar-refractivity contribution in [3.8, 4) is 0 Å². The van der Waals surface area contributed by atoms with E-state index in [1.54, 1.807) is 12.2 Å². The molecule has 31 heavy (non-hydrogen) atoms. The third-order valence-electron chi connectivity index (χ3n) is 8.32. The standard InChI is InChI=1S/C25H30O6/c1-14(26)31-13-21(28)20-8-7-19-17-6-5-15-11-16(27)9-10-24(15,2)22(17)18(23(29)30-4)12-25(19,20)3/h8-11,17-19,22H,5-7,12-13H2,1-4H3/t17?,18?,19?,22?,24-,25-/m0/s1. The maximum atomic E-state index is 13.0. The van der Waals surface area contributed by atoms with Gasteiger partial charge in [-0.2, -0.15) is 0 Å². The van der Waals surface area contributed by atoms with Gasteiger partial charge < -0.3 is 9.47 Å². The first-order valence-electron chi connectivity index (χ1n) is 11.0. The van der Waals surface area contributed by atoms with E-state index in [9.17, 15) is 19.2 Å². The number of carbonyl (C=O) groups is 4. The predicted octanol–water partition coefficient (Wildman–Crippen LogP) is 3.36. The van der Waals surface area contributed by atoms with Crippen molar-refractivity contribution in [3.63, 3.8) is 0 Å². The lowest BCUT2D eigenvalue weighted by Crippen LogP contribution is -2.55. The highest BCUT2D eigenvalue weighted by atomic mass is 16.5. The number of rotatable bonds is 4. The molecule has 0 spiro atoms. The molecule has 0 aromatic carbocycles. The Balaban J connectivity index is 1.72. The summed E-state index contributed by atoms with van der Waals surface area (Å²) in [4.78, 5) is 49.2. The highest BCUT2D eigenvalue weighted by Gasteiger charge is 2.62. The molecule has 0 aliphatic heterocycles. The van der Waals surface area contributed by atoms with Crippen molar-refractivity contribution in [1.82, 2.24) is 0 Å². The van der Waals surface area contributed by atoms with E-state index in [2.05, 4.69) is 13.8 Å². The molecule has 0 N–H and O–H groups in total. The molecular weight excluding hydrogens is 396 g/mol. The third kappa shape index (κ3) is 3.31. The SMILES string of the molecule is COC(=O)C1C[C@]2(C)C(C(=O)COC(C)=O)=CCC2C2CCC3=CC(=O)C=C[C@]3(C)C12. The summed E-state index contributed by atoms with van der Waals surface area (Å²) in [5.74, 6) is -0.860. The van der Waals surface area contributed by atoms with Crippen LogP contribution in [0.1, 0.15) is 46.5 Å². The van der Waals surface area contributed by atoms with Gasteiger partial charge in [-0.25, -0.2) is 0 Å². The average Bonchev–Trinajstić information content (AvgIpc) is 3.08. The van der Waals surface area contributed by atoms with Crippen LogP contribution in [-0.2, 0) is 28.7 Å². The smallest absolute Gasteiger partial charge is 0.309 e. The van der Waals surface area contributed by atoms with Gasteiger partial charge in [-0.3, -0.25) is 19.2 Å². The lowest BCUT2D eigenvalue weighted by Gasteiger charge is -2.58. The molecule has 4 rings (SSSR count). The van der Waals surface area contributed by atoms with Crippen LogP contribution in [0.3, 0.4) is 0 Å². The Morgan fingerprint density at radius 3 is 2.65 bits per heavy atom. The summed E-state index contributed by atoms with van der Waals surface area (Å²) in [6, 6.07) is 0. The fourth-order valence-corrected chi connectivity index (χ4v) is 7.01. The Hall–Kier alpha value is -2.50. The number of Topliss-reactive ketones (excluding diaryl/α,β-unsaturated/α-hetero) is 1. The second-order valence-corrected chi connectivity index (χ2v) is 9.83. The molecule has 6 heteroatoms. The van der Waals surface area contributed by atoms with Gasteiger partial charge in [0.25, 0.3) is 0 Å². The zero-order valence-electron chi connectivity index (χ0n) is 18.6. The lowest BCUT2D eigenvalue weighted by atomic mass is 9.44. The number of hydrogen-bond acceptors (Lipinski definition) is 6. The fraction of sp³-hybridized carbons (Fsp3) is 0.600. The molecule has 4 aliphatic rings. The molecule has 4 unspecified atom stereocenters. The van der Waals surface area contributed by atoms with E-state index < -0.39 is 11.4 Å². The van der Waals surface area contributed by atoms with Crippen molar-refractivity contribution in [2.75, 3.05) is 13.7 Å². The van der Waals surface area contributed by atoms with Crippen molar-refractivity contribution < 1.29 is 28.7 Å². The second kappa shape index (κ2) is 7.57. The largest absolute Gasteiger partial charge is 0.469 e. The number of ether oxygens (including phenoxy) is 2. The van der Waals surface area contributed by atoms with Crippen LogP contribution in [0.25, 0.3) is 0 Å². The average molecular weight is 427 g/mol. The number of methoxy groups -OCH3 is 1. The molecule has 2 fully saturated rings. The minimum atomic E-state index is -0.483. The number of allylic oxidation sites excluding steroid dienone is 5. The normalized spacial score (nSPS) is 38.3. The number of carbonyl (C=O) groups excluding carboxylic acids is 4. The molecular formula is C25H30O6. The Morgan fingerprint density at radius 2 is 1.97 bits per heavy atom. The van der Waals surface area contributed by atoms with Gasteiger partial charge >= 0.3 is 11.9 Å². The number of esters is 2. The molecule has 0 amide bonds. The molecule has 0 saturated heterocycles. The van der Waals surface area contributed by atoms with Crippen LogP contribution in [-0.4, -0.2) is 37.2 Å². The molecule has 6 atom stereocenters. The molecule has 0 radical (unpaired) electrons. The van der Waals surface area contributed by atoms with E-state index in [1.165, 1.54) is 14.0 Å². The monoisotopic (exact) mass is 426 g/mol. The first kappa shape index (κ1) is 21.7. The van der Waals surface area contributed by atoms with Gasteiger partial charge in [-0.15, -0.1) is 0 Å². The fourth-order valence-electron chi connectivity index (χ4n) is 7.01. The van der Waals surface area contributed by atoms with E-state index in [0.29, 0.717) is 12.0 Å². The van der Waals surface area contributed by atoms with Crippen molar-refractivity contribution in [2.45, 2.75) is 46.5 Å². The summed E-state index contributed by atoms with van der Waals surface area (Å²) in [5.41, 5.74) is 0.924. The van der Waals surface area contributed by atoms with Crippen molar-refractivity contribution in [1.29, 1.82) is 0 Å². The van der Waals surface area contributed by atoms with Crippen LogP contribution in [0, 0.1) is 34.5 Å². The predicted molar refractivity (Wildman–Crippen MR) is 113 cm³/mol. The Bertz CT molecular complexity index is 940. The third-order valence-corrected chi connectivity index (χ3v) is 8.32. The van der Waals surface area contributed by atoms with E-state index >= 15 is 0 Å². The Kier molecular flexibility index (Phi) is 5.31. The maximum Gasteiger partial charge on any atom is 0.309 e. The van der Waals surface area contributed by atoms with Crippen molar-refractivity contribution in [3.05, 3.63) is 35.5 Å². The highest BCUT2D eigenvalue weighted by molar-refractivity contribution is 6.01. The van der Waals surface area contributed by atoms with Crippen LogP contribution < -0.4 is 0 Å². The summed E-state index contributed by atoms with van der Waals surface area (Å²) in [6.45, 7) is 5.22. The number of fused-ring (bicyclic) bond motifs is 5. The van der Waals surface area contributed by atoms with Gasteiger partial charge in [0.2, 0.25) is 0 Å². The minimum Gasteiger partial charge on any atom is -0.469 e. The second-order valence-electron chi connectivity index (χ2n) is 9.83. The molecule has 0 aromatic rings. The lowest BCUT2D eigenvalue weighted by molar-refractivity contribution is -0.159. The van der Waals surface area contributed by atoms with Gasteiger partial charge in [0.1, 0.15) is 0 Å². The first-order chi connectivity index (χ1) is 14.6. The van der Waals surface area contributed by atoms with E-state index in [4.69, 9.17) is 9.47 Å². The van der Waals surface area contributed by atoms with Crippen LogP contribution in [0.2, 0.25) is 0 Å². The van der Waals surface area contributed by atoms with E-state index in [-0.39, 0.29) is 53.2 Å². The van der Waals surface area contributed by atoms with Crippen LogP contribution in [0.5, 0.6) is 0 Å². The molecule has 6 nitrogen and oxygen atoms in total. The van der Waals surface area contributed by atoms with Crippen LogP contribution in [0.15, 0.2) is 35.5 Å². The number of ketones is 2. The van der Waals surface area contributed by atoms with Crippen LogP contribution >= 0.6 is 0 Å². The van der Waals surface area contributed by atoms with Gasteiger partial charge in [0.05, 0.1) is 13.0 Å². The topological polar surface area (TPSA) is 86.7 Å². The minimum absolute atomic E-state index is 0.00192. The molecule has 166 valence electrons. The van der Waals surface area contributed by atoms with Gasteiger partial charge in [0, 0.05) is 23.3 Å². The van der Waals surface area contributed by atoms with Gasteiger partial charge in [-0.05, 0) is 55.6 Å². The quantitative estimate of drug-likeness (QED) is 0.641. The summed E-state index contributed by atoms with van der Waals surface area (Å²) in [5, 5.41) is 0. The zero-order chi connectivity index (χ0) is 22.6. The molecule has 0 aromatic heterocycles. The first-order valence-corrected chi connectivity index (χ1v) is 11.0. The Morgan fingerprint density at radius 1 is 1.23 bits per heavy atom. The maximum absolute atomic E-state index is 13.0. The summed E-state index contributed by atoms with van der Waals surface area (Å²) in [6.07, 6.45) is 10.3. The van der Waals surface area contributed by atoms with Crippen LogP contribution in [0.4, 0.5) is 0 Å². The zero-order valence-corrected chi connectivity index (χ0v) is 18.6.